The lowest BCUT2D eigenvalue weighted by Crippen LogP contribution is -2.50. The molecule has 1 heterocycles. The second-order valence-electron chi connectivity index (χ2n) is 4.86. The maximum absolute atomic E-state index is 6.36. The van der Waals surface area contributed by atoms with Crippen LogP contribution in [0, 0.1) is 0 Å². The molecule has 17 heavy (non-hydrogen) atoms. The predicted octanol–water partition coefficient (Wildman–Crippen LogP) is 2.18. The predicted molar refractivity (Wildman–Crippen MR) is 70.2 cm³/mol. The van der Waals surface area contributed by atoms with Gasteiger partial charge in [0.2, 0.25) is 0 Å². The second-order valence-corrected chi connectivity index (χ2v) is 4.86. The summed E-state index contributed by atoms with van der Waals surface area (Å²) in [5.74, 6) is 0.939. The highest BCUT2D eigenvalue weighted by Gasteiger charge is 2.32. The molecule has 0 radical (unpaired) electrons. The second kappa shape index (κ2) is 5.07. The van der Waals surface area contributed by atoms with Crippen LogP contribution < -0.4 is 10.5 Å². The summed E-state index contributed by atoms with van der Waals surface area (Å²) < 4.78 is 5.80. The van der Waals surface area contributed by atoms with E-state index in [9.17, 15) is 0 Å². The fraction of sp³-hybridized carbons (Fsp3) is 0.571. The van der Waals surface area contributed by atoms with Gasteiger partial charge in [-0.05, 0) is 26.5 Å². The number of likely N-dealkylation sites (N-methyl/N-ethyl adjacent to an activating group) is 1. The standard InChI is InChI=1S/C14H22N2O/c1-4-10(2)16(3)12-9-17-13-8-6-5-7-11(13)14(12)15/h5-8,10,12,14H,4,9,15H2,1-3H3. The Kier molecular flexibility index (Phi) is 3.69. The molecule has 1 aromatic rings. The van der Waals surface area contributed by atoms with Crippen molar-refractivity contribution in [3.8, 4) is 5.75 Å². The molecule has 3 unspecified atom stereocenters. The first-order chi connectivity index (χ1) is 8.15. The molecule has 0 saturated heterocycles. The van der Waals surface area contributed by atoms with E-state index in [2.05, 4.69) is 31.9 Å². The van der Waals surface area contributed by atoms with Crippen molar-refractivity contribution in [2.45, 2.75) is 38.4 Å². The maximum Gasteiger partial charge on any atom is 0.124 e. The van der Waals surface area contributed by atoms with Crippen LogP contribution in [0.3, 0.4) is 0 Å². The first-order valence-electron chi connectivity index (χ1n) is 6.34. The molecule has 0 amide bonds. The molecule has 0 aliphatic carbocycles. The molecule has 1 aliphatic heterocycles. The highest BCUT2D eigenvalue weighted by atomic mass is 16.5. The van der Waals surface area contributed by atoms with Gasteiger partial charge in [-0.2, -0.15) is 0 Å². The topological polar surface area (TPSA) is 38.5 Å². The molecule has 3 atom stereocenters. The molecule has 0 saturated carbocycles. The van der Waals surface area contributed by atoms with Gasteiger partial charge >= 0.3 is 0 Å². The van der Waals surface area contributed by atoms with Crippen LogP contribution in [0.15, 0.2) is 24.3 Å². The van der Waals surface area contributed by atoms with E-state index in [1.807, 2.05) is 18.2 Å². The quantitative estimate of drug-likeness (QED) is 0.871. The Morgan fingerprint density at radius 2 is 2.18 bits per heavy atom. The molecule has 0 bridgehead atoms. The molecule has 2 N–H and O–H groups in total. The van der Waals surface area contributed by atoms with Gasteiger partial charge in [0.05, 0.1) is 12.1 Å². The smallest absolute Gasteiger partial charge is 0.124 e. The van der Waals surface area contributed by atoms with Crippen molar-refractivity contribution in [2.75, 3.05) is 13.7 Å². The number of hydrogen-bond donors (Lipinski definition) is 1. The van der Waals surface area contributed by atoms with Gasteiger partial charge in [-0.15, -0.1) is 0 Å². The number of hydrogen-bond acceptors (Lipinski definition) is 3. The third-order valence-electron chi connectivity index (χ3n) is 3.91. The van der Waals surface area contributed by atoms with E-state index in [1.165, 1.54) is 0 Å². The molecular formula is C14H22N2O. The molecular weight excluding hydrogens is 212 g/mol. The van der Waals surface area contributed by atoms with E-state index in [-0.39, 0.29) is 12.1 Å². The maximum atomic E-state index is 6.36. The first kappa shape index (κ1) is 12.4. The monoisotopic (exact) mass is 234 g/mol. The van der Waals surface area contributed by atoms with Gasteiger partial charge < -0.3 is 10.5 Å². The highest BCUT2D eigenvalue weighted by molar-refractivity contribution is 5.38. The van der Waals surface area contributed by atoms with Crippen molar-refractivity contribution in [3.05, 3.63) is 29.8 Å². The molecule has 0 aromatic heterocycles. The fourth-order valence-corrected chi connectivity index (χ4v) is 2.36. The summed E-state index contributed by atoms with van der Waals surface area (Å²) in [6.45, 7) is 5.11. The van der Waals surface area contributed by atoms with Crippen LogP contribution in [0.4, 0.5) is 0 Å². The fourth-order valence-electron chi connectivity index (χ4n) is 2.36. The summed E-state index contributed by atoms with van der Waals surface area (Å²) in [7, 11) is 2.13. The number of para-hydroxylation sites is 1. The number of nitrogens with two attached hydrogens (primary N) is 1. The highest BCUT2D eigenvalue weighted by Crippen LogP contribution is 2.32. The molecule has 0 fully saturated rings. The van der Waals surface area contributed by atoms with Crippen LogP contribution >= 0.6 is 0 Å². The molecule has 2 rings (SSSR count). The lowest BCUT2D eigenvalue weighted by molar-refractivity contribution is 0.0893. The van der Waals surface area contributed by atoms with Crippen LogP contribution in [0.25, 0.3) is 0 Å². The summed E-state index contributed by atoms with van der Waals surface area (Å²) in [6.07, 6.45) is 1.13. The minimum absolute atomic E-state index is 0.0407. The first-order valence-corrected chi connectivity index (χ1v) is 6.34. The number of benzene rings is 1. The third-order valence-corrected chi connectivity index (χ3v) is 3.91. The molecule has 1 aliphatic rings. The summed E-state index contributed by atoms with van der Waals surface area (Å²) in [6, 6.07) is 8.90. The normalized spacial score (nSPS) is 25.2. The zero-order valence-electron chi connectivity index (χ0n) is 10.9. The van der Waals surface area contributed by atoms with E-state index in [4.69, 9.17) is 10.5 Å². The average molecular weight is 234 g/mol. The van der Waals surface area contributed by atoms with Crippen molar-refractivity contribution < 1.29 is 4.74 Å². The molecule has 3 heteroatoms. The molecule has 94 valence electrons. The van der Waals surface area contributed by atoms with Crippen molar-refractivity contribution in [2.24, 2.45) is 5.73 Å². The van der Waals surface area contributed by atoms with E-state index in [1.54, 1.807) is 0 Å². The lowest BCUT2D eigenvalue weighted by atomic mass is 9.95. The van der Waals surface area contributed by atoms with Crippen LogP contribution in [0.1, 0.15) is 31.9 Å². The third kappa shape index (κ3) is 2.31. The zero-order valence-corrected chi connectivity index (χ0v) is 10.9. The summed E-state index contributed by atoms with van der Waals surface area (Å²) in [4.78, 5) is 2.33. The van der Waals surface area contributed by atoms with Gasteiger partial charge in [0.1, 0.15) is 12.4 Å². The van der Waals surface area contributed by atoms with Gasteiger partial charge in [0.15, 0.2) is 0 Å². The van der Waals surface area contributed by atoms with Crippen molar-refractivity contribution in [1.29, 1.82) is 0 Å². The Hall–Kier alpha value is -1.06. The van der Waals surface area contributed by atoms with E-state index in [0.29, 0.717) is 12.6 Å². The molecule has 0 spiro atoms. The summed E-state index contributed by atoms with van der Waals surface area (Å²) >= 11 is 0. The molecule has 1 aromatic carbocycles. The summed E-state index contributed by atoms with van der Waals surface area (Å²) in [5, 5.41) is 0. The Bertz CT molecular complexity index is 380. The lowest BCUT2D eigenvalue weighted by Gasteiger charge is -2.39. The summed E-state index contributed by atoms with van der Waals surface area (Å²) in [5.41, 5.74) is 7.49. The van der Waals surface area contributed by atoms with Gasteiger partial charge in [-0.1, -0.05) is 25.1 Å². The number of ether oxygens (including phenoxy) is 1. The van der Waals surface area contributed by atoms with Gasteiger partial charge in [-0.3, -0.25) is 4.90 Å². The van der Waals surface area contributed by atoms with Gasteiger partial charge in [0.25, 0.3) is 0 Å². The van der Waals surface area contributed by atoms with Crippen LogP contribution in [-0.4, -0.2) is 30.6 Å². The number of rotatable bonds is 3. The largest absolute Gasteiger partial charge is 0.492 e. The Balaban J connectivity index is 2.19. The van der Waals surface area contributed by atoms with Gasteiger partial charge in [-0.25, -0.2) is 0 Å². The van der Waals surface area contributed by atoms with Crippen LogP contribution in [0.2, 0.25) is 0 Å². The van der Waals surface area contributed by atoms with E-state index >= 15 is 0 Å². The number of nitrogens with zero attached hydrogens (tertiary/aromatic N) is 1. The Labute approximate surface area is 104 Å². The Morgan fingerprint density at radius 1 is 1.47 bits per heavy atom. The van der Waals surface area contributed by atoms with Crippen LogP contribution in [0.5, 0.6) is 5.75 Å². The van der Waals surface area contributed by atoms with Crippen molar-refractivity contribution >= 4 is 0 Å². The van der Waals surface area contributed by atoms with Crippen molar-refractivity contribution in [3.63, 3.8) is 0 Å². The van der Waals surface area contributed by atoms with Crippen LogP contribution in [-0.2, 0) is 0 Å². The zero-order chi connectivity index (χ0) is 12.4. The SMILES string of the molecule is CCC(C)N(C)C1COc2ccccc2C1N. The average Bonchev–Trinajstić information content (AvgIpc) is 2.38. The van der Waals surface area contributed by atoms with Gasteiger partial charge in [0, 0.05) is 11.6 Å². The van der Waals surface area contributed by atoms with E-state index in [0.717, 1.165) is 17.7 Å². The van der Waals surface area contributed by atoms with E-state index < -0.39 is 0 Å². The molecule has 3 nitrogen and oxygen atoms in total. The minimum atomic E-state index is 0.0407. The van der Waals surface area contributed by atoms with Crippen molar-refractivity contribution in [1.82, 2.24) is 4.90 Å². The Morgan fingerprint density at radius 3 is 2.88 bits per heavy atom. The number of fused-ring (bicyclic) bond motifs is 1. The minimum Gasteiger partial charge on any atom is -0.492 e.